The van der Waals surface area contributed by atoms with Crippen LogP contribution in [0.5, 0.6) is 0 Å². The highest BCUT2D eigenvalue weighted by atomic mass is 16.3. The largest absolute Gasteiger partial charge is 0.460 e. The third kappa shape index (κ3) is 4.28. The first-order chi connectivity index (χ1) is 12.2. The minimum atomic E-state index is -0.0156. The van der Waals surface area contributed by atoms with Crippen molar-refractivity contribution in [3.63, 3.8) is 0 Å². The summed E-state index contributed by atoms with van der Waals surface area (Å²) in [5, 5.41) is 3.41. The van der Waals surface area contributed by atoms with Crippen molar-refractivity contribution in [3.05, 3.63) is 81.5 Å². The first kappa shape index (κ1) is 17.2. The summed E-state index contributed by atoms with van der Waals surface area (Å²) < 4.78 is 5.96. The fourth-order valence-electron chi connectivity index (χ4n) is 2.89. The van der Waals surface area contributed by atoms with Crippen molar-refractivity contribution in [1.29, 1.82) is 0 Å². The van der Waals surface area contributed by atoms with E-state index >= 15 is 0 Å². The Hall–Kier alpha value is -2.59. The molecular weight excluding hydrogens is 312 g/mol. The maximum absolute atomic E-state index is 11.9. The van der Waals surface area contributed by atoms with Crippen LogP contribution in [0.4, 0.5) is 0 Å². The number of H-pyrrole nitrogens is 1. The summed E-state index contributed by atoms with van der Waals surface area (Å²) in [6, 6.07) is 16.3. The maximum atomic E-state index is 11.9. The molecule has 3 rings (SSSR count). The Labute approximate surface area is 147 Å². The number of furan rings is 1. The van der Waals surface area contributed by atoms with Crippen LogP contribution in [0, 0.1) is 6.92 Å². The standard InChI is InChI=1S/C21H24N2O2/c1-3-17-13-19(15(2)23-21(17)24)20-10-9-18(25-20)14-22-12-11-16-7-5-4-6-8-16/h4-10,13,22H,3,11-12,14H2,1-2H3,(H,23,24). The Balaban J connectivity index is 1.62. The smallest absolute Gasteiger partial charge is 0.251 e. The van der Waals surface area contributed by atoms with E-state index in [1.165, 1.54) is 5.56 Å². The van der Waals surface area contributed by atoms with Crippen molar-refractivity contribution in [2.75, 3.05) is 6.54 Å². The molecule has 0 amide bonds. The Kier molecular flexibility index (Phi) is 5.51. The van der Waals surface area contributed by atoms with Crippen LogP contribution in [0.15, 0.2) is 57.7 Å². The van der Waals surface area contributed by atoms with E-state index in [2.05, 4.69) is 34.6 Å². The molecule has 2 N–H and O–H groups in total. The van der Waals surface area contributed by atoms with Crippen molar-refractivity contribution >= 4 is 0 Å². The van der Waals surface area contributed by atoms with E-state index in [4.69, 9.17) is 4.42 Å². The first-order valence-electron chi connectivity index (χ1n) is 8.74. The lowest BCUT2D eigenvalue weighted by Crippen LogP contribution is -2.16. The van der Waals surface area contributed by atoms with E-state index < -0.39 is 0 Å². The van der Waals surface area contributed by atoms with Crippen molar-refractivity contribution in [2.45, 2.75) is 33.2 Å². The average molecular weight is 336 g/mol. The summed E-state index contributed by atoms with van der Waals surface area (Å²) in [6.45, 7) is 5.47. The molecule has 0 saturated heterocycles. The van der Waals surface area contributed by atoms with Crippen LogP contribution in [0.1, 0.15) is 29.5 Å². The summed E-state index contributed by atoms with van der Waals surface area (Å²) in [6.07, 6.45) is 1.70. The van der Waals surface area contributed by atoms with Gasteiger partial charge in [-0.1, -0.05) is 37.3 Å². The zero-order valence-corrected chi connectivity index (χ0v) is 14.8. The van der Waals surface area contributed by atoms with Gasteiger partial charge < -0.3 is 14.7 Å². The zero-order valence-electron chi connectivity index (χ0n) is 14.8. The number of aromatic nitrogens is 1. The lowest BCUT2D eigenvalue weighted by Gasteiger charge is -2.06. The molecule has 1 aromatic carbocycles. The minimum absolute atomic E-state index is 0.0156. The molecule has 3 aromatic rings. The van der Waals surface area contributed by atoms with Gasteiger partial charge in [-0.3, -0.25) is 4.79 Å². The molecule has 25 heavy (non-hydrogen) atoms. The highest BCUT2D eigenvalue weighted by Gasteiger charge is 2.10. The quantitative estimate of drug-likeness (QED) is 0.645. The lowest BCUT2D eigenvalue weighted by atomic mass is 10.1. The van der Waals surface area contributed by atoms with Gasteiger partial charge in [0.1, 0.15) is 11.5 Å². The minimum Gasteiger partial charge on any atom is -0.460 e. The Bertz CT molecular complexity index is 878. The van der Waals surface area contributed by atoms with Crippen molar-refractivity contribution < 1.29 is 4.42 Å². The number of pyridine rings is 1. The summed E-state index contributed by atoms with van der Waals surface area (Å²) in [7, 11) is 0. The van der Waals surface area contributed by atoms with Gasteiger partial charge in [0.15, 0.2) is 0 Å². The van der Waals surface area contributed by atoms with Crippen LogP contribution >= 0.6 is 0 Å². The molecule has 0 aliphatic carbocycles. The molecule has 4 nitrogen and oxygen atoms in total. The highest BCUT2D eigenvalue weighted by Crippen LogP contribution is 2.24. The number of rotatable bonds is 7. The van der Waals surface area contributed by atoms with E-state index in [1.807, 2.05) is 38.1 Å². The van der Waals surface area contributed by atoms with E-state index in [-0.39, 0.29) is 5.56 Å². The number of hydrogen-bond acceptors (Lipinski definition) is 3. The topological polar surface area (TPSA) is 58.0 Å². The second-order valence-electron chi connectivity index (χ2n) is 6.19. The molecule has 0 aliphatic rings. The van der Waals surface area contributed by atoms with Crippen molar-refractivity contribution in [1.82, 2.24) is 10.3 Å². The molecule has 0 bridgehead atoms. The predicted molar refractivity (Wildman–Crippen MR) is 101 cm³/mol. The number of hydrogen-bond donors (Lipinski definition) is 2. The lowest BCUT2D eigenvalue weighted by molar-refractivity contribution is 0.494. The van der Waals surface area contributed by atoms with Crippen molar-refractivity contribution in [3.8, 4) is 11.3 Å². The molecule has 0 fully saturated rings. The fraction of sp³-hybridized carbons (Fsp3) is 0.286. The Morgan fingerprint density at radius 3 is 2.68 bits per heavy atom. The van der Waals surface area contributed by atoms with Crippen molar-refractivity contribution in [2.24, 2.45) is 0 Å². The summed E-state index contributed by atoms with van der Waals surface area (Å²) in [4.78, 5) is 14.8. The third-order valence-electron chi connectivity index (χ3n) is 4.36. The molecule has 0 saturated carbocycles. The summed E-state index contributed by atoms with van der Waals surface area (Å²) in [5.41, 5.74) is 3.87. The van der Waals surface area contributed by atoms with Gasteiger partial charge in [-0.2, -0.15) is 0 Å². The number of benzene rings is 1. The molecule has 2 heterocycles. The maximum Gasteiger partial charge on any atom is 0.251 e. The van der Waals surface area contributed by atoms with Gasteiger partial charge in [0, 0.05) is 16.8 Å². The molecule has 0 aliphatic heterocycles. The van der Waals surface area contributed by atoms with Gasteiger partial charge in [0.2, 0.25) is 0 Å². The van der Waals surface area contributed by atoms with Gasteiger partial charge in [-0.05, 0) is 50.1 Å². The highest BCUT2D eigenvalue weighted by molar-refractivity contribution is 5.61. The van der Waals surface area contributed by atoms with Crippen LogP contribution in [0.2, 0.25) is 0 Å². The average Bonchev–Trinajstić information content (AvgIpc) is 3.08. The number of aromatic amines is 1. The third-order valence-corrected chi connectivity index (χ3v) is 4.36. The van der Waals surface area contributed by atoms with Gasteiger partial charge in [-0.15, -0.1) is 0 Å². The number of aryl methyl sites for hydroxylation is 2. The zero-order chi connectivity index (χ0) is 17.6. The van der Waals surface area contributed by atoms with Crippen LogP contribution in [0.25, 0.3) is 11.3 Å². The SMILES string of the molecule is CCc1cc(-c2ccc(CNCCc3ccccc3)o2)c(C)[nH]c1=O. The van der Waals surface area contributed by atoms with E-state index in [0.717, 1.165) is 41.3 Å². The van der Waals surface area contributed by atoms with Gasteiger partial charge >= 0.3 is 0 Å². The molecule has 2 aromatic heterocycles. The molecular formula is C21H24N2O2. The van der Waals surface area contributed by atoms with Gasteiger partial charge in [0.25, 0.3) is 5.56 Å². The second-order valence-corrected chi connectivity index (χ2v) is 6.19. The molecule has 0 radical (unpaired) electrons. The van der Waals surface area contributed by atoms with Crippen LogP contribution in [-0.2, 0) is 19.4 Å². The Morgan fingerprint density at radius 1 is 1.12 bits per heavy atom. The molecule has 0 unspecified atom stereocenters. The fourth-order valence-corrected chi connectivity index (χ4v) is 2.89. The molecule has 0 atom stereocenters. The van der Waals surface area contributed by atoms with Crippen LogP contribution in [-0.4, -0.2) is 11.5 Å². The monoisotopic (exact) mass is 336 g/mol. The van der Waals surface area contributed by atoms with E-state index in [1.54, 1.807) is 0 Å². The van der Waals surface area contributed by atoms with Crippen LogP contribution < -0.4 is 10.9 Å². The van der Waals surface area contributed by atoms with Gasteiger partial charge in [-0.25, -0.2) is 0 Å². The second kappa shape index (κ2) is 7.99. The molecule has 130 valence electrons. The van der Waals surface area contributed by atoms with E-state index in [0.29, 0.717) is 13.0 Å². The van der Waals surface area contributed by atoms with Gasteiger partial charge in [0.05, 0.1) is 6.54 Å². The first-order valence-corrected chi connectivity index (χ1v) is 8.74. The normalized spacial score (nSPS) is 11.0. The predicted octanol–water partition coefficient (Wildman–Crippen LogP) is 3.84. The number of nitrogens with one attached hydrogen (secondary N) is 2. The van der Waals surface area contributed by atoms with E-state index in [9.17, 15) is 4.79 Å². The van der Waals surface area contributed by atoms with Crippen LogP contribution in [0.3, 0.4) is 0 Å². The summed E-state index contributed by atoms with van der Waals surface area (Å²) >= 11 is 0. The Morgan fingerprint density at radius 2 is 1.92 bits per heavy atom. The molecule has 0 spiro atoms. The summed E-state index contributed by atoms with van der Waals surface area (Å²) in [5.74, 6) is 1.69. The molecule has 4 heteroatoms.